The van der Waals surface area contributed by atoms with E-state index in [1.807, 2.05) is 32.0 Å². The summed E-state index contributed by atoms with van der Waals surface area (Å²) < 4.78 is 45.2. The third-order valence-electron chi connectivity index (χ3n) is 4.35. The summed E-state index contributed by atoms with van der Waals surface area (Å²) in [6, 6.07) is 8.85. The molecule has 10 heteroatoms. The van der Waals surface area contributed by atoms with Crippen LogP contribution in [0.15, 0.2) is 46.0 Å². The highest BCUT2D eigenvalue weighted by Gasteiger charge is 2.34. The van der Waals surface area contributed by atoms with Gasteiger partial charge in [0.25, 0.3) is 5.22 Å². The lowest BCUT2D eigenvalue weighted by molar-refractivity contribution is -0.137. The number of hydrogen-bond donors (Lipinski definition) is 1. The molecule has 1 heterocycles. The van der Waals surface area contributed by atoms with E-state index in [0.29, 0.717) is 5.89 Å². The molecule has 0 aliphatic rings. The summed E-state index contributed by atoms with van der Waals surface area (Å²) in [4.78, 5) is 12.4. The number of anilines is 1. The number of rotatable bonds is 5. The van der Waals surface area contributed by atoms with Crippen molar-refractivity contribution in [2.45, 2.75) is 37.4 Å². The number of thioether (sulfide) groups is 1. The van der Waals surface area contributed by atoms with E-state index in [1.54, 1.807) is 0 Å². The van der Waals surface area contributed by atoms with Crippen LogP contribution >= 0.6 is 23.4 Å². The third-order valence-corrected chi connectivity index (χ3v) is 5.52. The van der Waals surface area contributed by atoms with Gasteiger partial charge in [0.2, 0.25) is 11.8 Å². The van der Waals surface area contributed by atoms with E-state index in [-0.39, 0.29) is 15.9 Å². The first-order valence-electron chi connectivity index (χ1n) is 8.80. The van der Waals surface area contributed by atoms with E-state index in [4.69, 9.17) is 16.0 Å². The van der Waals surface area contributed by atoms with Gasteiger partial charge in [0.1, 0.15) is 0 Å². The Balaban J connectivity index is 1.71. The van der Waals surface area contributed by atoms with E-state index < -0.39 is 22.9 Å². The zero-order chi connectivity index (χ0) is 22.1. The van der Waals surface area contributed by atoms with Gasteiger partial charge in [-0.05, 0) is 62.2 Å². The third kappa shape index (κ3) is 5.14. The van der Waals surface area contributed by atoms with Crippen LogP contribution in [0.2, 0.25) is 5.02 Å². The molecule has 0 bridgehead atoms. The maximum absolute atomic E-state index is 13.2. The SMILES string of the molecule is Cc1ccc(-c2nnc(SC(C)C(=O)Nc3ccc(Cl)cc3C(F)(F)F)o2)cc1C. The molecule has 1 amide bonds. The Kier molecular flexibility index (Phi) is 6.42. The van der Waals surface area contributed by atoms with Crippen molar-refractivity contribution in [3.8, 4) is 11.5 Å². The van der Waals surface area contributed by atoms with Crippen LogP contribution in [0.1, 0.15) is 23.6 Å². The second-order valence-electron chi connectivity index (χ2n) is 6.61. The Morgan fingerprint density at radius 1 is 1.13 bits per heavy atom. The molecule has 0 radical (unpaired) electrons. The fourth-order valence-corrected chi connectivity index (χ4v) is 3.40. The van der Waals surface area contributed by atoms with Gasteiger partial charge in [-0.25, -0.2) is 0 Å². The van der Waals surface area contributed by atoms with Crippen LogP contribution in [0.25, 0.3) is 11.5 Å². The molecule has 158 valence electrons. The average Bonchev–Trinajstić information content (AvgIpc) is 3.13. The Morgan fingerprint density at radius 3 is 2.53 bits per heavy atom. The largest absolute Gasteiger partial charge is 0.418 e. The number of halogens is 4. The van der Waals surface area contributed by atoms with Crippen molar-refractivity contribution >= 4 is 35.0 Å². The van der Waals surface area contributed by atoms with Crippen molar-refractivity contribution in [1.82, 2.24) is 10.2 Å². The van der Waals surface area contributed by atoms with Crippen LogP contribution in [-0.2, 0) is 11.0 Å². The fourth-order valence-electron chi connectivity index (χ4n) is 2.55. The van der Waals surface area contributed by atoms with Gasteiger partial charge in [0.05, 0.1) is 16.5 Å². The first kappa shape index (κ1) is 22.2. The highest BCUT2D eigenvalue weighted by molar-refractivity contribution is 8.00. The maximum atomic E-state index is 13.2. The maximum Gasteiger partial charge on any atom is 0.418 e. The monoisotopic (exact) mass is 455 g/mol. The van der Waals surface area contributed by atoms with E-state index in [1.165, 1.54) is 13.0 Å². The first-order valence-corrected chi connectivity index (χ1v) is 10.1. The highest BCUT2D eigenvalue weighted by atomic mass is 35.5. The Bertz CT molecular complexity index is 1090. The highest BCUT2D eigenvalue weighted by Crippen LogP contribution is 2.37. The summed E-state index contributed by atoms with van der Waals surface area (Å²) >= 11 is 6.61. The van der Waals surface area contributed by atoms with Gasteiger partial charge in [0.15, 0.2) is 0 Å². The second-order valence-corrected chi connectivity index (χ2v) is 8.34. The molecule has 0 spiro atoms. The number of aryl methyl sites for hydroxylation is 2. The number of nitrogens with zero attached hydrogens (tertiary/aromatic N) is 2. The number of amides is 1. The van der Waals surface area contributed by atoms with Gasteiger partial charge < -0.3 is 9.73 Å². The van der Waals surface area contributed by atoms with Gasteiger partial charge in [-0.3, -0.25) is 4.79 Å². The quantitative estimate of drug-likeness (QED) is 0.468. The van der Waals surface area contributed by atoms with Crippen LogP contribution < -0.4 is 5.32 Å². The zero-order valence-electron chi connectivity index (χ0n) is 16.2. The molecule has 1 atom stereocenters. The molecule has 1 aromatic heterocycles. The van der Waals surface area contributed by atoms with Crippen molar-refractivity contribution in [2.24, 2.45) is 0 Å². The van der Waals surface area contributed by atoms with Gasteiger partial charge in [-0.1, -0.05) is 29.4 Å². The smallest absolute Gasteiger partial charge is 0.411 e. The minimum absolute atomic E-state index is 0.0764. The summed E-state index contributed by atoms with van der Waals surface area (Å²) in [5.41, 5.74) is 1.54. The summed E-state index contributed by atoms with van der Waals surface area (Å²) in [6.07, 6.45) is -4.66. The lowest BCUT2D eigenvalue weighted by Crippen LogP contribution is -2.24. The van der Waals surface area contributed by atoms with E-state index in [9.17, 15) is 18.0 Å². The Hall–Kier alpha value is -2.52. The molecule has 30 heavy (non-hydrogen) atoms. The van der Waals surface area contributed by atoms with Crippen molar-refractivity contribution in [2.75, 3.05) is 5.32 Å². The first-order chi connectivity index (χ1) is 14.0. The van der Waals surface area contributed by atoms with Crippen LogP contribution in [0.5, 0.6) is 0 Å². The standard InChI is InChI=1S/C20H17ClF3N3O2S/c1-10-4-5-13(8-11(10)2)18-26-27-19(29-18)30-12(3)17(28)25-16-7-6-14(21)9-15(16)20(22,23)24/h4-9,12H,1-3H3,(H,25,28). The summed E-state index contributed by atoms with van der Waals surface area (Å²) in [5, 5.41) is 9.45. The van der Waals surface area contributed by atoms with Gasteiger partial charge in [0, 0.05) is 10.6 Å². The molecule has 1 N–H and O–H groups in total. The van der Waals surface area contributed by atoms with Crippen molar-refractivity contribution < 1.29 is 22.4 Å². The number of hydrogen-bond acceptors (Lipinski definition) is 5. The zero-order valence-corrected chi connectivity index (χ0v) is 17.7. The predicted octanol–water partition coefficient (Wildman–Crippen LogP) is 6.14. The number of carbonyl (C=O) groups is 1. The van der Waals surface area contributed by atoms with Gasteiger partial charge in [-0.15, -0.1) is 10.2 Å². The summed E-state index contributed by atoms with van der Waals surface area (Å²) in [6.45, 7) is 5.48. The van der Waals surface area contributed by atoms with E-state index in [2.05, 4.69) is 15.5 Å². The molecular weight excluding hydrogens is 439 g/mol. The number of alkyl halides is 3. The minimum atomic E-state index is -4.66. The minimum Gasteiger partial charge on any atom is -0.411 e. The van der Waals surface area contributed by atoms with Gasteiger partial charge in [-0.2, -0.15) is 13.2 Å². The van der Waals surface area contributed by atoms with Gasteiger partial charge >= 0.3 is 6.18 Å². The van der Waals surface area contributed by atoms with Crippen LogP contribution in [0, 0.1) is 13.8 Å². The number of aromatic nitrogens is 2. The molecule has 0 aliphatic heterocycles. The molecular formula is C20H17ClF3N3O2S. The Morgan fingerprint density at radius 2 is 1.87 bits per heavy atom. The normalized spacial score (nSPS) is 12.6. The van der Waals surface area contributed by atoms with Crippen molar-refractivity contribution in [3.05, 3.63) is 58.1 Å². The lowest BCUT2D eigenvalue weighted by Gasteiger charge is -2.15. The second kappa shape index (κ2) is 8.69. The lowest BCUT2D eigenvalue weighted by atomic mass is 10.1. The van der Waals surface area contributed by atoms with E-state index >= 15 is 0 Å². The van der Waals surface area contributed by atoms with Crippen LogP contribution in [0.3, 0.4) is 0 Å². The van der Waals surface area contributed by atoms with Crippen LogP contribution in [-0.4, -0.2) is 21.4 Å². The molecule has 0 saturated heterocycles. The molecule has 1 unspecified atom stereocenters. The van der Waals surface area contributed by atoms with E-state index in [0.717, 1.165) is 40.6 Å². The molecule has 0 aliphatic carbocycles. The van der Waals surface area contributed by atoms with Crippen molar-refractivity contribution in [1.29, 1.82) is 0 Å². The molecule has 5 nitrogen and oxygen atoms in total. The topological polar surface area (TPSA) is 68.0 Å². The average molecular weight is 456 g/mol. The molecule has 3 aromatic rings. The molecule has 0 fully saturated rings. The molecule has 2 aromatic carbocycles. The van der Waals surface area contributed by atoms with Crippen molar-refractivity contribution in [3.63, 3.8) is 0 Å². The van der Waals surface area contributed by atoms with Crippen LogP contribution in [0.4, 0.5) is 18.9 Å². The predicted molar refractivity (Wildman–Crippen MR) is 110 cm³/mol. The fraction of sp³-hybridized carbons (Fsp3) is 0.250. The molecule has 3 rings (SSSR count). The summed E-state index contributed by atoms with van der Waals surface area (Å²) in [7, 11) is 0. The number of nitrogens with one attached hydrogen (secondary N) is 1. The molecule has 0 saturated carbocycles. The number of carbonyl (C=O) groups excluding carboxylic acids is 1. The number of benzene rings is 2. The summed E-state index contributed by atoms with van der Waals surface area (Å²) in [5.74, 6) is -0.344. The Labute approximate surface area is 180 Å².